The fourth-order valence-electron chi connectivity index (χ4n) is 2.60. The summed E-state index contributed by atoms with van der Waals surface area (Å²) in [5, 5.41) is 6.48. The van der Waals surface area contributed by atoms with Gasteiger partial charge in [0.1, 0.15) is 23.4 Å². The summed E-state index contributed by atoms with van der Waals surface area (Å²) in [5.74, 6) is 0.944. The van der Waals surface area contributed by atoms with Crippen LogP contribution in [0.3, 0.4) is 0 Å². The van der Waals surface area contributed by atoms with E-state index >= 15 is 0 Å². The lowest BCUT2D eigenvalue weighted by Crippen LogP contribution is -2.39. The molecule has 0 fully saturated rings. The maximum Gasteiger partial charge on any atom is 0.255 e. The minimum atomic E-state index is -0.505. The topological polar surface area (TPSA) is 98.0 Å². The molecule has 1 atom stereocenters. The van der Waals surface area contributed by atoms with E-state index in [4.69, 9.17) is 15.2 Å². The molecule has 0 aliphatic rings. The number of hydrogen-bond donors (Lipinski definition) is 3. The number of carbonyl (C=O) groups excluding carboxylic acids is 1. The number of carbonyl (C=O) groups is 1. The number of nitrogens with zero attached hydrogens (tertiary/aromatic N) is 1. The summed E-state index contributed by atoms with van der Waals surface area (Å²) in [5.41, 5.74) is 6.18. The Labute approximate surface area is 199 Å². The average Bonchev–Trinajstić information content (AvgIpc) is 2.71. The van der Waals surface area contributed by atoms with Gasteiger partial charge in [0.15, 0.2) is 12.6 Å². The quantitative estimate of drug-likeness (QED) is 0.230. The summed E-state index contributed by atoms with van der Waals surface area (Å²) in [4.78, 5) is 15.3. The van der Waals surface area contributed by atoms with Gasteiger partial charge in [0.25, 0.3) is 5.91 Å². The predicted molar refractivity (Wildman–Crippen MR) is 131 cm³/mol. The smallest absolute Gasteiger partial charge is 0.255 e. The van der Waals surface area contributed by atoms with E-state index in [0.29, 0.717) is 30.5 Å². The van der Waals surface area contributed by atoms with Crippen LogP contribution in [-0.2, 0) is 11.2 Å². The van der Waals surface area contributed by atoms with Crippen molar-refractivity contribution in [2.45, 2.75) is 26.4 Å². The number of rotatable bonds is 11. The number of ether oxygens (including phenoxy) is 2. The summed E-state index contributed by atoms with van der Waals surface area (Å²) in [6.07, 6.45) is 0.589. The first-order valence-electron chi connectivity index (χ1n) is 9.90. The zero-order chi connectivity index (χ0) is 21.8. The van der Waals surface area contributed by atoms with Crippen LogP contribution >= 0.6 is 24.0 Å². The fraction of sp³-hybridized carbons (Fsp3) is 0.364. The number of halogens is 2. The Kier molecular flexibility index (Phi) is 12.3. The van der Waals surface area contributed by atoms with Crippen LogP contribution in [0.2, 0.25) is 0 Å². The monoisotopic (exact) mass is 544 g/mol. The molecule has 31 heavy (non-hydrogen) atoms. The first-order valence-corrected chi connectivity index (χ1v) is 9.90. The van der Waals surface area contributed by atoms with Crippen molar-refractivity contribution in [3.63, 3.8) is 0 Å². The first-order chi connectivity index (χ1) is 14.5. The van der Waals surface area contributed by atoms with Crippen molar-refractivity contribution < 1.29 is 18.7 Å². The molecule has 1 unspecified atom stereocenters. The molecule has 2 aromatic rings. The zero-order valence-electron chi connectivity index (χ0n) is 17.8. The van der Waals surface area contributed by atoms with Gasteiger partial charge in [-0.2, -0.15) is 0 Å². The van der Waals surface area contributed by atoms with Crippen LogP contribution in [0.4, 0.5) is 4.39 Å². The summed E-state index contributed by atoms with van der Waals surface area (Å²) < 4.78 is 24.2. The lowest BCUT2D eigenvalue weighted by Gasteiger charge is -2.15. The molecule has 1 amide bonds. The van der Waals surface area contributed by atoms with Gasteiger partial charge in [-0.25, -0.2) is 9.38 Å². The van der Waals surface area contributed by atoms with Crippen molar-refractivity contribution >= 4 is 35.8 Å². The number of benzene rings is 2. The van der Waals surface area contributed by atoms with Crippen molar-refractivity contribution in [2.75, 3.05) is 26.2 Å². The van der Waals surface area contributed by atoms with Gasteiger partial charge >= 0.3 is 0 Å². The average molecular weight is 544 g/mol. The van der Waals surface area contributed by atoms with Gasteiger partial charge in [0, 0.05) is 19.2 Å². The van der Waals surface area contributed by atoms with Crippen LogP contribution in [-0.4, -0.2) is 44.2 Å². The maximum absolute atomic E-state index is 13.3. The summed E-state index contributed by atoms with van der Waals surface area (Å²) in [6.45, 7) is 5.60. The Balaban J connectivity index is 0.00000480. The van der Waals surface area contributed by atoms with Gasteiger partial charge in [-0.1, -0.05) is 18.2 Å². The molecule has 2 rings (SSSR count). The molecule has 7 nitrogen and oxygen atoms in total. The Morgan fingerprint density at radius 2 is 1.90 bits per heavy atom. The second-order valence-corrected chi connectivity index (χ2v) is 6.68. The van der Waals surface area contributed by atoms with Crippen molar-refractivity contribution in [1.29, 1.82) is 0 Å². The van der Waals surface area contributed by atoms with Gasteiger partial charge in [0.05, 0.1) is 6.54 Å². The first kappa shape index (κ1) is 26.5. The van der Waals surface area contributed by atoms with Crippen LogP contribution in [0, 0.1) is 5.82 Å². The largest absolute Gasteiger partial charge is 0.489 e. The van der Waals surface area contributed by atoms with E-state index in [0.717, 1.165) is 18.5 Å². The van der Waals surface area contributed by atoms with Gasteiger partial charge < -0.3 is 25.8 Å². The molecule has 0 bridgehead atoms. The Hall–Kier alpha value is -2.56. The van der Waals surface area contributed by atoms with E-state index in [1.54, 1.807) is 12.1 Å². The molecule has 170 valence electrons. The van der Waals surface area contributed by atoms with E-state index in [-0.39, 0.29) is 42.5 Å². The van der Waals surface area contributed by atoms with E-state index in [9.17, 15) is 9.18 Å². The van der Waals surface area contributed by atoms with Crippen molar-refractivity contribution in [3.8, 4) is 11.5 Å². The minimum absolute atomic E-state index is 0. The maximum atomic E-state index is 13.3. The van der Waals surface area contributed by atoms with Crippen molar-refractivity contribution in [3.05, 3.63) is 59.9 Å². The normalized spacial score (nSPS) is 11.8. The lowest BCUT2D eigenvalue weighted by atomic mass is 10.1. The lowest BCUT2D eigenvalue weighted by molar-refractivity contribution is -0.119. The van der Waals surface area contributed by atoms with Gasteiger partial charge in [0.2, 0.25) is 0 Å². The number of hydrogen-bond acceptors (Lipinski definition) is 4. The minimum Gasteiger partial charge on any atom is -0.489 e. The molecule has 0 saturated carbocycles. The van der Waals surface area contributed by atoms with Crippen molar-refractivity contribution in [1.82, 2.24) is 10.6 Å². The van der Waals surface area contributed by atoms with E-state index in [2.05, 4.69) is 15.6 Å². The number of guanidine groups is 1. The third-order valence-electron chi connectivity index (χ3n) is 3.99. The van der Waals surface area contributed by atoms with Crippen LogP contribution < -0.4 is 25.8 Å². The van der Waals surface area contributed by atoms with Crippen LogP contribution in [0.5, 0.6) is 11.5 Å². The summed E-state index contributed by atoms with van der Waals surface area (Å²) in [6, 6.07) is 13.6. The zero-order valence-corrected chi connectivity index (χ0v) is 20.1. The predicted octanol–water partition coefficient (Wildman–Crippen LogP) is 2.87. The third-order valence-corrected chi connectivity index (χ3v) is 3.99. The number of nitrogens with one attached hydrogen (secondary N) is 2. The highest BCUT2D eigenvalue weighted by atomic mass is 127. The van der Waals surface area contributed by atoms with E-state index in [1.807, 2.05) is 38.1 Å². The second kappa shape index (κ2) is 14.4. The van der Waals surface area contributed by atoms with E-state index in [1.165, 1.54) is 12.1 Å². The fourth-order valence-corrected chi connectivity index (χ4v) is 2.60. The molecule has 0 spiro atoms. The number of amides is 1. The Bertz CT molecular complexity index is 834. The van der Waals surface area contributed by atoms with E-state index < -0.39 is 5.91 Å². The van der Waals surface area contributed by atoms with Gasteiger partial charge in [-0.05, 0) is 50.1 Å². The molecular weight excluding hydrogens is 514 g/mol. The van der Waals surface area contributed by atoms with Crippen LogP contribution in [0.1, 0.15) is 19.4 Å². The Morgan fingerprint density at radius 1 is 1.16 bits per heavy atom. The third kappa shape index (κ3) is 10.9. The highest BCUT2D eigenvalue weighted by Gasteiger charge is 2.06. The summed E-state index contributed by atoms with van der Waals surface area (Å²) >= 11 is 0. The molecule has 0 radical (unpaired) electrons. The highest BCUT2D eigenvalue weighted by Crippen LogP contribution is 2.14. The van der Waals surface area contributed by atoms with Crippen LogP contribution in [0.25, 0.3) is 0 Å². The molecule has 4 N–H and O–H groups in total. The van der Waals surface area contributed by atoms with Crippen molar-refractivity contribution in [2.24, 2.45) is 10.7 Å². The van der Waals surface area contributed by atoms with Crippen LogP contribution in [0.15, 0.2) is 53.5 Å². The Morgan fingerprint density at radius 3 is 2.55 bits per heavy atom. The highest BCUT2D eigenvalue weighted by molar-refractivity contribution is 14.0. The number of nitrogens with two attached hydrogens (primary N) is 1. The van der Waals surface area contributed by atoms with Gasteiger partial charge in [-0.3, -0.25) is 4.79 Å². The SMILES string of the molecule is CCNC(=NCC(C)Oc1cccc(F)c1)NCCc1ccc(OCC(N)=O)cc1.I. The molecule has 0 aliphatic heterocycles. The second-order valence-electron chi connectivity index (χ2n) is 6.68. The standard InChI is InChI=1S/C22H29FN4O3.HI/c1-3-25-22(27-14-16(2)30-20-6-4-5-18(23)13-20)26-12-11-17-7-9-19(10-8-17)29-15-21(24)28;/h4-10,13,16H,3,11-12,14-15H2,1-2H3,(H2,24,28)(H2,25,26,27);1H. The number of primary amides is 1. The van der Waals surface area contributed by atoms with Gasteiger partial charge in [-0.15, -0.1) is 24.0 Å². The molecule has 0 aromatic heterocycles. The molecule has 0 aliphatic carbocycles. The molecule has 9 heteroatoms. The number of aliphatic imine (C=N–C) groups is 1. The summed E-state index contributed by atoms with van der Waals surface area (Å²) in [7, 11) is 0. The molecule has 0 saturated heterocycles. The molecule has 0 heterocycles. The molecule has 2 aromatic carbocycles. The molecular formula is C22H30FIN4O3.